The van der Waals surface area contributed by atoms with Gasteiger partial charge < -0.3 is 4.74 Å². The third-order valence-corrected chi connectivity index (χ3v) is 6.53. The summed E-state index contributed by atoms with van der Waals surface area (Å²) in [5, 5.41) is 0.688. The zero-order valence-corrected chi connectivity index (χ0v) is 17.9. The lowest BCUT2D eigenvalue weighted by atomic mass is 9.97. The van der Waals surface area contributed by atoms with E-state index in [0.717, 1.165) is 41.6 Å². The van der Waals surface area contributed by atoms with Gasteiger partial charge in [-0.05, 0) is 44.1 Å². The second kappa shape index (κ2) is 8.11. The van der Waals surface area contributed by atoms with Gasteiger partial charge in [-0.3, -0.25) is 9.36 Å². The minimum Gasteiger partial charge on any atom is -0.464 e. The van der Waals surface area contributed by atoms with Crippen LogP contribution in [0.2, 0.25) is 0 Å². The highest BCUT2D eigenvalue weighted by Gasteiger charge is 2.27. The van der Waals surface area contributed by atoms with Crippen molar-refractivity contribution in [2.45, 2.75) is 52.5 Å². The first-order valence-electron chi connectivity index (χ1n) is 10.3. The molecule has 0 aliphatic heterocycles. The average Bonchev–Trinajstić information content (AvgIpc) is 3.10. The van der Waals surface area contributed by atoms with Crippen molar-refractivity contribution in [3.05, 3.63) is 51.1 Å². The smallest absolute Gasteiger partial charge is 0.329 e. The fraction of sp³-hybridized carbons (Fsp3) is 0.435. The molecule has 1 aliphatic rings. The quantitative estimate of drug-likeness (QED) is 0.569. The van der Waals surface area contributed by atoms with Crippen LogP contribution in [-0.2, 0) is 22.4 Å². The topological polar surface area (TPSA) is 61.2 Å². The highest BCUT2D eigenvalue weighted by molar-refractivity contribution is 7.18. The Balaban J connectivity index is 1.91. The molecule has 0 radical (unpaired) electrons. The van der Waals surface area contributed by atoms with Gasteiger partial charge in [-0.2, -0.15) is 0 Å². The van der Waals surface area contributed by atoms with E-state index in [0.29, 0.717) is 17.8 Å². The van der Waals surface area contributed by atoms with Crippen LogP contribution in [0.25, 0.3) is 21.6 Å². The van der Waals surface area contributed by atoms with Crippen LogP contribution in [0.15, 0.2) is 35.1 Å². The molecule has 1 aliphatic carbocycles. The summed E-state index contributed by atoms with van der Waals surface area (Å²) in [5.74, 6) is 0.361. The van der Waals surface area contributed by atoms with Crippen molar-refractivity contribution in [1.29, 1.82) is 0 Å². The summed E-state index contributed by atoms with van der Waals surface area (Å²) >= 11 is 1.63. The molecule has 1 unspecified atom stereocenters. The van der Waals surface area contributed by atoms with Gasteiger partial charge in [-0.25, -0.2) is 9.78 Å². The Morgan fingerprint density at radius 3 is 2.62 bits per heavy atom. The van der Waals surface area contributed by atoms with Crippen LogP contribution >= 0.6 is 11.3 Å². The lowest BCUT2D eigenvalue weighted by Gasteiger charge is -2.19. The standard InChI is InChI=1S/C23H26N2O3S/c1-14(2)13-28-23(27)15(3)25-20(16-9-5-4-6-10-16)24-21-19(22(25)26)17-11-7-8-12-18(17)29-21/h4-6,9-10,14-15H,7-8,11-13H2,1-3H3. The molecule has 0 N–H and O–H groups in total. The fourth-order valence-corrected chi connectivity index (χ4v) is 5.09. The molecule has 2 heterocycles. The second-order valence-electron chi connectivity index (χ2n) is 8.07. The predicted molar refractivity (Wildman–Crippen MR) is 116 cm³/mol. The highest BCUT2D eigenvalue weighted by Crippen LogP contribution is 2.35. The summed E-state index contributed by atoms with van der Waals surface area (Å²) in [6.45, 7) is 6.04. The van der Waals surface area contributed by atoms with Gasteiger partial charge in [0.2, 0.25) is 0 Å². The summed E-state index contributed by atoms with van der Waals surface area (Å²) in [6, 6.07) is 8.85. The average molecular weight is 411 g/mol. The molecule has 0 spiro atoms. The Labute approximate surface area is 174 Å². The molecule has 0 saturated heterocycles. The highest BCUT2D eigenvalue weighted by atomic mass is 32.1. The van der Waals surface area contributed by atoms with Crippen LogP contribution in [0, 0.1) is 5.92 Å². The third kappa shape index (κ3) is 3.73. The van der Waals surface area contributed by atoms with Crippen molar-refractivity contribution >= 4 is 27.5 Å². The molecular weight excluding hydrogens is 384 g/mol. The molecule has 0 saturated carbocycles. The maximum Gasteiger partial charge on any atom is 0.329 e. The molecule has 2 aromatic heterocycles. The summed E-state index contributed by atoms with van der Waals surface area (Å²) in [4.78, 5) is 33.3. The Kier molecular flexibility index (Phi) is 5.54. The molecule has 5 nitrogen and oxygen atoms in total. The molecule has 0 amide bonds. The van der Waals surface area contributed by atoms with Crippen molar-refractivity contribution in [3.8, 4) is 11.4 Å². The van der Waals surface area contributed by atoms with Crippen LogP contribution in [0.4, 0.5) is 0 Å². The number of nitrogens with zero attached hydrogens (tertiary/aromatic N) is 2. The fourth-order valence-electron chi connectivity index (χ4n) is 3.84. The maximum atomic E-state index is 13.7. The van der Waals surface area contributed by atoms with E-state index in [1.165, 1.54) is 9.44 Å². The summed E-state index contributed by atoms with van der Waals surface area (Å²) in [5.41, 5.74) is 1.81. The molecule has 1 aromatic carbocycles. The van der Waals surface area contributed by atoms with Crippen LogP contribution in [-0.4, -0.2) is 22.1 Å². The third-order valence-electron chi connectivity index (χ3n) is 5.34. The van der Waals surface area contributed by atoms with Gasteiger partial charge in [-0.15, -0.1) is 11.3 Å². The zero-order valence-electron chi connectivity index (χ0n) is 17.1. The van der Waals surface area contributed by atoms with Gasteiger partial charge in [0.05, 0.1) is 12.0 Å². The number of benzene rings is 1. The van der Waals surface area contributed by atoms with Gasteiger partial charge >= 0.3 is 5.97 Å². The molecule has 4 rings (SSSR count). The Morgan fingerprint density at radius 1 is 1.17 bits per heavy atom. The molecule has 1 atom stereocenters. The van der Waals surface area contributed by atoms with Crippen molar-refractivity contribution in [3.63, 3.8) is 0 Å². The Morgan fingerprint density at radius 2 is 1.90 bits per heavy atom. The van der Waals surface area contributed by atoms with E-state index in [-0.39, 0.29) is 11.5 Å². The van der Waals surface area contributed by atoms with Gasteiger partial charge in [0.25, 0.3) is 5.56 Å². The van der Waals surface area contributed by atoms with Crippen molar-refractivity contribution in [2.75, 3.05) is 6.61 Å². The number of fused-ring (bicyclic) bond motifs is 3. The number of rotatable bonds is 5. The number of thiophene rings is 1. The van der Waals surface area contributed by atoms with E-state index in [1.54, 1.807) is 18.3 Å². The summed E-state index contributed by atoms with van der Waals surface area (Å²) < 4.78 is 6.98. The van der Waals surface area contributed by atoms with Gasteiger partial charge in [0.1, 0.15) is 16.7 Å². The molecule has 29 heavy (non-hydrogen) atoms. The lowest BCUT2D eigenvalue weighted by molar-refractivity contribution is -0.148. The number of aryl methyl sites for hydroxylation is 2. The van der Waals surface area contributed by atoms with Crippen molar-refractivity contribution in [2.24, 2.45) is 5.92 Å². The molecule has 0 bridgehead atoms. The van der Waals surface area contributed by atoms with Crippen LogP contribution in [0.3, 0.4) is 0 Å². The number of esters is 1. The van der Waals surface area contributed by atoms with Crippen molar-refractivity contribution < 1.29 is 9.53 Å². The second-order valence-corrected chi connectivity index (χ2v) is 9.15. The van der Waals surface area contributed by atoms with E-state index < -0.39 is 12.0 Å². The van der Waals surface area contributed by atoms with Gasteiger partial charge in [0.15, 0.2) is 0 Å². The minimum absolute atomic E-state index is 0.137. The number of aromatic nitrogens is 2. The summed E-state index contributed by atoms with van der Waals surface area (Å²) in [7, 11) is 0. The number of hydrogen-bond acceptors (Lipinski definition) is 5. The first-order chi connectivity index (χ1) is 14.0. The predicted octanol–water partition coefficient (Wildman–Crippen LogP) is 4.76. The molecule has 6 heteroatoms. The number of carbonyl (C=O) groups excluding carboxylic acids is 1. The van der Waals surface area contributed by atoms with Crippen LogP contribution in [0.5, 0.6) is 0 Å². The van der Waals surface area contributed by atoms with E-state index in [4.69, 9.17) is 9.72 Å². The van der Waals surface area contributed by atoms with Crippen LogP contribution in [0.1, 0.15) is 50.1 Å². The largest absolute Gasteiger partial charge is 0.464 e. The lowest BCUT2D eigenvalue weighted by Crippen LogP contribution is -2.32. The molecule has 152 valence electrons. The van der Waals surface area contributed by atoms with Crippen LogP contribution < -0.4 is 5.56 Å². The van der Waals surface area contributed by atoms with E-state index in [9.17, 15) is 9.59 Å². The van der Waals surface area contributed by atoms with E-state index in [2.05, 4.69) is 0 Å². The van der Waals surface area contributed by atoms with Crippen molar-refractivity contribution in [1.82, 2.24) is 9.55 Å². The SMILES string of the molecule is CC(C)COC(=O)C(C)n1c(-c2ccccc2)nc2sc3c(c2c1=O)CCCC3. The molecule has 3 aromatic rings. The summed E-state index contributed by atoms with van der Waals surface area (Å²) in [6.07, 6.45) is 4.15. The first kappa shape index (κ1) is 19.8. The molecular formula is C23H26N2O3S. The Hall–Kier alpha value is -2.47. The van der Waals surface area contributed by atoms with E-state index in [1.807, 2.05) is 44.2 Å². The van der Waals surface area contributed by atoms with Gasteiger partial charge in [0, 0.05) is 10.4 Å². The Bertz CT molecular complexity index is 1100. The zero-order chi connectivity index (χ0) is 20.5. The normalized spacial score (nSPS) is 14.8. The number of carbonyl (C=O) groups is 1. The number of hydrogen-bond donors (Lipinski definition) is 0. The minimum atomic E-state index is -0.743. The van der Waals surface area contributed by atoms with Gasteiger partial charge in [-0.1, -0.05) is 44.2 Å². The monoisotopic (exact) mass is 410 g/mol. The number of ether oxygens (including phenoxy) is 1. The maximum absolute atomic E-state index is 13.7. The first-order valence-corrected chi connectivity index (χ1v) is 11.1. The molecule has 0 fully saturated rings. The van der Waals surface area contributed by atoms with E-state index >= 15 is 0 Å².